The summed E-state index contributed by atoms with van der Waals surface area (Å²) in [6.45, 7) is 18.2. The minimum atomic E-state index is -2.54. The molecule has 2 aromatic heterocycles. The molecule has 0 fully saturated rings. The molecule has 0 radical (unpaired) electrons. The van der Waals surface area contributed by atoms with E-state index in [-0.39, 0.29) is 43.7 Å². The first kappa shape index (κ1) is 39.3. The fraction of sp³-hybridized carbons (Fsp3) is 0.263. The number of aromatic nitrogens is 3. The zero-order valence-electron chi connectivity index (χ0n) is 41.4. The van der Waals surface area contributed by atoms with Crippen LogP contribution in [-0.2, 0) is 31.9 Å². The predicted molar refractivity (Wildman–Crippen MR) is 257 cm³/mol. The summed E-state index contributed by atoms with van der Waals surface area (Å²) in [5.41, 5.74) is 12.5. The average molecular weight is 1000 g/mol. The molecule has 8 rings (SSSR count). The number of fused-ring (bicyclic) bond motifs is 1. The molecule has 1 N–H and O–H groups in total. The van der Waals surface area contributed by atoms with Crippen LogP contribution in [0.25, 0.3) is 72.7 Å². The normalized spacial score (nSPS) is 13.3. The van der Waals surface area contributed by atoms with Gasteiger partial charge in [0, 0.05) is 38.4 Å². The molecule has 0 saturated carbocycles. The van der Waals surface area contributed by atoms with Crippen LogP contribution in [0.5, 0.6) is 5.75 Å². The minimum absolute atomic E-state index is 0. The van der Waals surface area contributed by atoms with E-state index in [9.17, 15) is 5.11 Å². The van der Waals surface area contributed by atoms with Crippen LogP contribution in [0.2, 0.25) is 0 Å². The zero-order chi connectivity index (χ0) is 46.8. The molecule has 0 amide bonds. The Kier molecular flexibility index (Phi) is 11.0. The minimum Gasteiger partial charge on any atom is -0.507 e. The molecule has 0 aliphatic carbocycles. The quantitative estimate of drug-likeness (QED) is 0.154. The van der Waals surface area contributed by atoms with E-state index in [2.05, 4.69) is 104 Å². The molecule has 62 heavy (non-hydrogen) atoms. The summed E-state index contributed by atoms with van der Waals surface area (Å²) in [6.07, 6.45) is 1.84. The molecule has 0 bridgehead atoms. The van der Waals surface area contributed by atoms with Crippen LogP contribution < -0.4 is 0 Å². The first-order valence-electron chi connectivity index (χ1n) is 23.2. The second-order valence-electron chi connectivity index (χ2n) is 18.9. The number of hydrogen-bond acceptors (Lipinski definition) is 3. The van der Waals surface area contributed by atoms with Gasteiger partial charge in [-0.2, -0.15) is 0 Å². The van der Waals surface area contributed by atoms with Gasteiger partial charge in [-0.05, 0) is 104 Å². The number of nitrogens with zero attached hydrogens (tertiary/aromatic N) is 3. The third kappa shape index (κ3) is 8.73. The van der Waals surface area contributed by atoms with Gasteiger partial charge < -0.3 is 5.11 Å². The third-order valence-electron chi connectivity index (χ3n) is 11.7. The molecule has 5 heteroatoms. The third-order valence-corrected chi connectivity index (χ3v) is 11.7. The molecule has 0 unspecified atom stereocenters. The van der Waals surface area contributed by atoms with Gasteiger partial charge in [-0.15, -0.1) is 29.3 Å². The Morgan fingerprint density at radius 3 is 2.05 bits per heavy atom. The maximum Gasteiger partial charge on any atom is 0.148 e. The largest absolute Gasteiger partial charge is 0.507 e. The van der Waals surface area contributed by atoms with Gasteiger partial charge in [-0.1, -0.05) is 165 Å². The smallest absolute Gasteiger partial charge is 0.148 e. The van der Waals surface area contributed by atoms with Crippen molar-refractivity contribution in [3.05, 3.63) is 167 Å². The van der Waals surface area contributed by atoms with Crippen molar-refractivity contribution in [3.63, 3.8) is 0 Å². The van der Waals surface area contributed by atoms with E-state index in [1.54, 1.807) is 6.07 Å². The zero-order valence-corrected chi connectivity index (χ0v) is 39.7. The van der Waals surface area contributed by atoms with E-state index in [1.807, 2.05) is 103 Å². The van der Waals surface area contributed by atoms with E-state index in [4.69, 9.17) is 15.5 Å². The Balaban J connectivity index is 0.00000648. The number of para-hydroxylation sites is 2. The molecule has 0 aliphatic heterocycles. The van der Waals surface area contributed by atoms with Gasteiger partial charge in [0.15, 0.2) is 0 Å². The van der Waals surface area contributed by atoms with Crippen molar-refractivity contribution in [3.8, 4) is 67.5 Å². The molecule has 0 saturated heterocycles. The van der Waals surface area contributed by atoms with Crippen LogP contribution in [0, 0.1) is 12.9 Å². The number of rotatable bonds is 8. The number of aromatic hydroxyl groups is 1. The SMILES string of the molecule is [2H]C([2H])([2H])c1cc(-c2cc(C(C)C)cc(C([2H])(C)C)c2)ccc1-n1c(-c2cccc(C(C)(C)C)c2O)nc2c(-c3[c-]c(-c4cc(-c5ccccc5)ccn4)cc(C(C)(C)C)c3)cccc21.[Pt]. The summed E-state index contributed by atoms with van der Waals surface area (Å²) in [4.78, 5) is 10.2. The van der Waals surface area contributed by atoms with Crippen molar-refractivity contribution < 1.29 is 31.7 Å². The van der Waals surface area contributed by atoms with Crippen molar-refractivity contribution in [1.82, 2.24) is 14.5 Å². The number of aryl methyl sites for hydroxylation is 1. The number of phenolic OH excluding ortho intramolecular Hbond substituents is 1. The van der Waals surface area contributed by atoms with Crippen molar-refractivity contribution in [2.45, 2.75) is 98.7 Å². The first-order valence-corrected chi connectivity index (χ1v) is 21.2. The number of hydrogen-bond donors (Lipinski definition) is 1. The van der Waals surface area contributed by atoms with Crippen molar-refractivity contribution >= 4 is 11.0 Å². The van der Waals surface area contributed by atoms with Gasteiger partial charge >= 0.3 is 0 Å². The first-order chi connectivity index (χ1) is 30.5. The number of imidazole rings is 1. The van der Waals surface area contributed by atoms with Gasteiger partial charge in [0.25, 0.3) is 0 Å². The van der Waals surface area contributed by atoms with E-state index in [1.165, 1.54) is 0 Å². The maximum atomic E-state index is 12.1. The van der Waals surface area contributed by atoms with Gasteiger partial charge in [-0.25, -0.2) is 4.98 Å². The Hall–Kier alpha value is -5.57. The topological polar surface area (TPSA) is 50.9 Å². The van der Waals surface area contributed by atoms with Crippen molar-refractivity contribution in [2.75, 3.05) is 0 Å². The van der Waals surface area contributed by atoms with Crippen LogP contribution in [0.4, 0.5) is 0 Å². The van der Waals surface area contributed by atoms with Crippen molar-refractivity contribution in [1.29, 1.82) is 0 Å². The maximum absolute atomic E-state index is 12.1. The molecule has 2 heterocycles. The van der Waals surface area contributed by atoms with Crippen LogP contribution in [-0.4, -0.2) is 19.6 Å². The molecular formula is C57H58N3OPt-. The molecule has 8 aromatic rings. The summed E-state index contributed by atoms with van der Waals surface area (Å²) in [6, 6.07) is 45.9. The summed E-state index contributed by atoms with van der Waals surface area (Å²) in [7, 11) is 0. The summed E-state index contributed by atoms with van der Waals surface area (Å²) in [5, 5.41) is 12.1. The van der Waals surface area contributed by atoms with Crippen LogP contribution in [0.1, 0.15) is 114 Å². The molecular weight excluding hydrogens is 938 g/mol. The van der Waals surface area contributed by atoms with E-state index >= 15 is 0 Å². The Morgan fingerprint density at radius 1 is 0.661 bits per heavy atom. The molecule has 4 nitrogen and oxygen atoms in total. The fourth-order valence-corrected chi connectivity index (χ4v) is 8.10. The Bertz CT molecular complexity index is 3080. The second-order valence-corrected chi connectivity index (χ2v) is 18.9. The molecule has 0 atom stereocenters. The number of pyridine rings is 1. The van der Waals surface area contributed by atoms with Gasteiger partial charge in [-0.3, -0.25) is 9.55 Å². The summed E-state index contributed by atoms with van der Waals surface area (Å²) < 4.78 is 37.8. The predicted octanol–water partition coefficient (Wildman–Crippen LogP) is 15.4. The van der Waals surface area contributed by atoms with Crippen LogP contribution in [0.3, 0.4) is 0 Å². The Labute approximate surface area is 389 Å². The van der Waals surface area contributed by atoms with E-state index < -0.39 is 18.2 Å². The molecule has 318 valence electrons. The summed E-state index contributed by atoms with van der Waals surface area (Å²) in [5.74, 6) is -0.143. The van der Waals surface area contributed by atoms with Crippen molar-refractivity contribution in [2.24, 2.45) is 0 Å². The fourth-order valence-electron chi connectivity index (χ4n) is 8.10. The standard InChI is InChI=1S/C57H58N3O.Pt/c1-35(2)41-28-42(36(3)4)30-43(29-41)39-23-24-51(37(5)27-39)60-52-22-16-19-47(53(52)59-55(60)48-20-15-21-49(54(48)61)57(9,10)11)44-31-45(33-46(32-44)56(6,7)8)50-34-40(25-26-58-50)38-17-13-12-14-18-38;/h12-30,32-36,61H,1-11H3;/q-1;/i5D3,35D;. The second kappa shape index (κ2) is 17.3. The number of benzene rings is 6. The van der Waals surface area contributed by atoms with Crippen LogP contribution >= 0.6 is 0 Å². The van der Waals surface area contributed by atoms with E-state index in [0.29, 0.717) is 28.1 Å². The molecule has 0 aliphatic rings. The average Bonchev–Trinajstić information content (AvgIpc) is 3.64. The van der Waals surface area contributed by atoms with Gasteiger partial charge in [0.2, 0.25) is 0 Å². The number of phenols is 1. The van der Waals surface area contributed by atoms with E-state index in [0.717, 1.165) is 66.9 Å². The van der Waals surface area contributed by atoms with Gasteiger partial charge in [0.05, 0.1) is 22.3 Å². The molecule has 6 aromatic carbocycles. The monoisotopic (exact) mass is 999 g/mol. The Morgan fingerprint density at radius 2 is 1.35 bits per heavy atom. The van der Waals surface area contributed by atoms with Crippen LogP contribution in [0.15, 0.2) is 134 Å². The van der Waals surface area contributed by atoms with Gasteiger partial charge in [0.1, 0.15) is 11.6 Å². The summed E-state index contributed by atoms with van der Waals surface area (Å²) >= 11 is 0. The molecule has 0 spiro atoms.